The third-order valence-corrected chi connectivity index (χ3v) is 4.27. The molecule has 0 bridgehead atoms. The lowest BCUT2D eigenvalue weighted by atomic mass is 9.89. The van der Waals surface area contributed by atoms with Crippen LogP contribution in [0.1, 0.15) is 18.1 Å². The van der Waals surface area contributed by atoms with Crippen LogP contribution in [0.25, 0.3) is 0 Å². The third-order valence-electron chi connectivity index (χ3n) is 4.27. The summed E-state index contributed by atoms with van der Waals surface area (Å²) in [6.07, 6.45) is 1.63. The molecule has 3 nitrogen and oxygen atoms in total. The summed E-state index contributed by atoms with van der Waals surface area (Å²) in [7, 11) is 1.65. The molecule has 3 atom stereocenters. The van der Waals surface area contributed by atoms with Gasteiger partial charge in [0, 0.05) is 5.92 Å². The number of aliphatic hydroxyl groups excluding tert-OH is 1. The van der Waals surface area contributed by atoms with Gasteiger partial charge in [-0.25, -0.2) is 0 Å². The molecular weight excluding hydrogens is 300 g/mol. The number of methoxy groups -OCH3 is 1. The van der Waals surface area contributed by atoms with Crippen molar-refractivity contribution in [3.05, 3.63) is 78.4 Å². The SMILES string of the molecule is C=C[C@@H](O)[C@@H](Cc1ccccc1)[C@H](C)OCc1ccc(OC)cc1. The lowest BCUT2D eigenvalue weighted by Crippen LogP contribution is -2.32. The fourth-order valence-electron chi connectivity index (χ4n) is 2.70. The second-order valence-electron chi connectivity index (χ2n) is 5.94. The van der Waals surface area contributed by atoms with E-state index < -0.39 is 6.10 Å². The number of ether oxygens (including phenoxy) is 2. The molecule has 24 heavy (non-hydrogen) atoms. The first kappa shape index (κ1) is 18.2. The van der Waals surface area contributed by atoms with Crippen LogP contribution in [0.4, 0.5) is 0 Å². The topological polar surface area (TPSA) is 38.7 Å². The van der Waals surface area contributed by atoms with Crippen LogP contribution in [0.15, 0.2) is 67.3 Å². The Labute approximate surface area is 144 Å². The first-order valence-electron chi connectivity index (χ1n) is 8.23. The Balaban J connectivity index is 1.98. The Morgan fingerprint density at radius 3 is 2.29 bits per heavy atom. The molecule has 0 aliphatic heterocycles. The van der Waals surface area contributed by atoms with E-state index >= 15 is 0 Å². The average Bonchev–Trinajstić information content (AvgIpc) is 2.64. The van der Waals surface area contributed by atoms with Crippen LogP contribution in [0, 0.1) is 5.92 Å². The molecular formula is C21H26O3. The van der Waals surface area contributed by atoms with Gasteiger partial charge < -0.3 is 14.6 Å². The highest BCUT2D eigenvalue weighted by molar-refractivity contribution is 5.26. The zero-order valence-corrected chi connectivity index (χ0v) is 14.4. The molecule has 2 aromatic rings. The zero-order chi connectivity index (χ0) is 17.4. The van der Waals surface area contributed by atoms with Crippen molar-refractivity contribution in [2.24, 2.45) is 5.92 Å². The Hall–Kier alpha value is -2.10. The van der Waals surface area contributed by atoms with E-state index in [1.165, 1.54) is 5.56 Å². The van der Waals surface area contributed by atoms with Gasteiger partial charge in [0.25, 0.3) is 0 Å². The summed E-state index contributed by atoms with van der Waals surface area (Å²) in [6.45, 7) is 6.23. The quantitative estimate of drug-likeness (QED) is 0.708. The van der Waals surface area contributed by atoms with Crippen LogP contribution in [0.5, 0.6) is 5.75 Å². The van der Waals surface area contributed by atoms with Crippen LogP contribution in [0.3, 0.4) is 0 Å². The van der Waals surface area contributed by atoms with E-state index in [0.29, 0.717) is 6.61 Å². The first-order chi connectivity index (χ1) is 11.6. The smallest absolute Gasteiger partial charge is 0.118 e. The van der Waals surface area contributed by atoms with Gasteiger partial charge in [-0.2, -0.15) is 0 Å². The molecule has 0 aliphatic carbocycles. The van der Waals surface area contributed by atoms with Gasteiger partial charge in [0.2, 0.25) is 0 Å². The second kappa shape index (κ2) is 9.26. The molecule has 128 valence electrons. The van der Waals surface area contributed by atoms with Crippen LogP contribution in [-0.2, 0) is 17.8 Å². The van der Waals surface area contributed by atoms with E-state index in [4.69, 9.17) is 9.47 Å². The molecule has 0 amide bonds. The summed E-state index contributed by atoms with van der Waals surface area (Å²) in [5, 5.41) is 10.3. The molecule has 0 aliphatic rings. The van der Waals surface area contributed by atoms with Crippen molar-refractivity contribution >= 4 is 0 Å². The highest BCUT2D eigenvalue weighted by Crippen LogP contribution is 2.21. The molecule has 2 aromatic carbocycles. The zero-order valence-electron chi connectivity index (χ0n) is 14.4. The van der Waals surface area contributed by atoms with E-state index in [1.807, 2.05) is 49.4 Å². The standard InChI is InChI=1S/C21H26O3/c1-4-21(22)20(14-17-8-6-5-7-9-17)16(2)24-15-18-10-12-19(23-3)13-11-18/h4-13,16,20-22H,1,14-15H2,2-3H3/t16-,20-,21+/m0/s1. The maximum absolute atomic E-state index is 10.3. The van der Waals surface area contributed by atoms with Gasteiger partial charge in [0.05, 0.1) is 25.9 Å². The maximum atomic E-state index is 10.3. The Morgan fingerprint density at radius 1 is 1.04 bits per heavy atom. The van der Waals surface area contributed by atoms with E-state index in [9.17, 15) is 5.11 Å². The minimum absolute atomic E-state index is 0.0388. The summed E-state index contributed by atoms with van der Waals surface area (Å²) < 4.78 is 11.2. The number of benzene rings is 2. The highest BCUT2D eigenvalue weighted by Gasteiger charge is 2.24. The Kier molecular flexibility index (Phi) is 7.04. The molecule has 0 unspecified atom stereocenters. The highest BCUT2D eigenvalue weighted by atomic mass is 16.5. The van der Waals surface area contributed by atoms with Crippen LogP contribution >= 0.6 is 0 Å². The number of hydrogen-bond donors (Lipinski definition) is 1. The number of rotatable bonds is 9. The molecule has 0 radical (unpaired) electrons. The molecule has 0 aromatic heterocycles. The van der Waals surface area contributed by atoms with E-state index in [-0.39, 0.29) is 12.0 Å². The predicted octanol–water partition coefficient (Wildman–Crippen LogP) is 4.01. The van der Waals surface area contributed by atoms with Gasteiger partial charge in [-0.15, -0.1) is 6.58 Å². The third kappa shape index (κ3) is 5.22. The maximum Gasteiger partial charge on any atom is 0.118 e. The van der Waals surface area contributed by atoms with Crippen molar-refractivity contribution in [1.29, 1.82) is 0 Å². The second-order valence-corrected chi connectivity index (χ2v) is 5.94. The summed E-state index contributed by atoms with van der Waals surface area (Å²) in [6, 6.07) is 18.0. The monoisotopic (exact) mass is 326 g/mol. The van der Waals surface area contributed by atoms with Crippen molar-refractivity contribution in [1.82, 2.24) is 0 Å². The molecule has 2 rings (SSSR count). The average molecular weight is 326 g/mol. The molecule has 3 heteroatoms. The minimum atomic E-state index is -0.601. The normalized spacial score (nSPS) is 14.6. The minimum Gasteiger partial charge on any atom is -0.497 e. The number of hydrogen-bond acceptors (Lipinski definition) is 3. The fourth-order valence-corrected chi connectivity index (χ4v) is 2.70. The first-order valence-corrected chi connectivity index (χ1v) is 8.23. The van der Waals surface area contributed by atoms with Crippen LogP contribution in [-0.4, -0.2) is 24.4 Å². The van der Waals surface area contributed by atoms with E-state index in [0.717, 1.165) is 17.7 Å². The Morgan fingerprint density at radius 2 is 1.71 bits per heavy atom. The summed E-state index contributed by atoms with van der Waals surface area (Å²) >= 11 is 0. The van der Waals surface area contributed by atoms with Crippen molar-refractivity contribution in [3.8, 4) is 5.75 Å². The predicted molar refractivity (Wildman–Crippen MR) is 97.1 cm³/mol. The summed E-state index contributed by atoms with van der Waals surface area (Å²) in [5.74, 6) is 0.791. The molecule has 0 fully saturated rings. The molecule has 0 heterocycles. The van der Waals surface area contributed by atoms with Crippen molar-refractivity contribution in [3.63, 3.8) is 0 Å². The molecule has 0 saturated carbocycles. The lowest BCUT2D eigenvalue weighted by molar-refractivity contribution is -0.0218. The van der Waals surface area contributed by atoms with Crippen molar-refractivity contribution < 1.29 is 14.6 Å². The van der Waals surface area contributed by atoms with Crippen molar-refractivity contribution in [2.45, 2.75) is 32.2 Å². The Bertz CT molecular complexity index is 607. The molecule has 0 saturated heterocycles. The van der Waals surface area contributed by atoms with Gasteiger partial charge >= 0.3 is 0 Å². The van der Waals surface area contributed by atoms with E-state index in [2.05, 4.69) is 18.7 Å². The van der Waals surface area contributed by atoms with Crippen LogP contribution in [0.2, 0.25) is 0 Å². The molecule has 1 N–H and O–H groups in total. The summed E-state index contributed by atoms with van der Waals surface area (Å²) in [4.78, 5) is 0. The fraction of sp³-hybridized carbons (Fsp3) is 0.333. The number of aliphatic hydroxyl groups is 1. The van der Waals surface area contributed by atoms with Gasteiger partial charge in [-0.3, -0.25) is 0 Å². The molecule has 0 spiro atoms. The lowest BCUT2D eigenvalue weighted by Gasteiger charge is -2.27. The van der Waals surface area contributed by atoms with Gasteiger partial charge in [-0.05, 0) is 36.6 Å². The van der Waals surface area contributed by atoms with Crippen molar-refractivity contribution in [2.75, 3.05) is 7.11 Å². The van der Waals surface area contributed by atoms with Gasteiger partial charge in [0.1, 0.15) is 5.75 Å². The van der Waals surface area contributed by atoms with Crippen LogP contribution < -0.4 is 4.74 Å². The van der Waals surface area contributed by atoms with Gasteiger partial charge in [0.15, 0.2) is 0 Å². The van der Waals surface area contributed by atoms with Gasteiger partial charge in [-0.1, -0.05) is 48.5 Å². The van der Waals surface area contributed by atoms with E-state index in [1.54, 1.807) is 13.2 Å². The largest absolute Gasteiger partial charge is 0.497 e. The summed E-state index contributed by atoms with van der Waals surface area (Å²) in [5.41, 5.74) is 2.26.